The summed E-state index contributed by atoms with van der Waals surface area (Å²) in [6.45, 7) is 3.29. The number of anilines is 1. The number of carbonyl (C=O) groups excluding carboxylic acids is 1. The lowest BCUT2D eigenvalue weighted by molar-refractivity contribution is -0.117. The van der Waals surface area contributed by atoms with Crippen LogP contribution in [0.3, 0.4) is 0 Å². The molecule has 4 rings (SSSR count). The van der Waals surface area contributed by atoms with Gasteiger partial charge in [-0.05, 0) is 37.0 Å². The van der Waals surface area contributed by atoms with Gasteiger partial charge in [-0.3, -0.25) is 9.79 Å². The van der Waals surface area contributed by atoms with E-state index in [1.54, 1.807) is 7.05 Å². The number of benzene rings is 1. The van der Waals surface area contributed by atoms with Crippen LogP contribution in [0.4, 0.5) is 5.69 Å². The zero-order valence-electron chi connectivity index (χ0n) is 18.1. The average Bonchev–Trinajstić information content (AvgIpc) is 3.29. The number of aromatic nitrogens is 3. The molecule has 1 fully saturated rings. The molecule has 1 aromatic carbocycles. The molecule has 8 nitrogen and oxygen atoms in total. The summed E-state index contributed by atoms with van der Waals surface area (Å²) in [5.74, 6) is 3.17. The highest BCUT2D eigenvalue weighted by atomic mass is 127. The topological polar surface area (TPSA) is 87.4 Å². The monoisotopic (exact) mass is 537 g/mol. The van der Waals surface area contributed by atoms with Crippen molar-refractivity contribution >= 4 is 41.5 Å². The minimum absolute atomic E-state index is 0. The molecule has 1 saturated heterocycles. The fraction of sp³-hybridized carbons (Fsp3) is 0.545. The molecule has 31 heavy (non-hydrogen) atoms. The van der Waals surface area contributed by atoms with Gasteiger partial charge in [0.25, 0.3) is 0 Å². The third-order valence-corrected chi connectivity index (χ3v) is 5.83. The van der Waals surface area contributed by atoms with E-state index in [1.807, 2.05) is 17.0 Å². The van der Waals surface area contributed by atoms with E-state index >= 15 is 0 Å². The van der Waals surface area contributed by atoms with Gasteiger partial charge in [-0.15, -0.1) is 34.2 Å². The molecular formula is C22H32IN7O. The summed E-state index contributed by atoms with van der Waals surface area (Å²) in [4.78, 5) is 18.1. The van der Waals surface area contributed by atoms with Gasteiger partial charge in [0.05, 0.1) is 0 Å². The minimum atomic E-state index is 0. The Morgan fingerprint density at radius 1 is 1.03 bits per heavy atom. The second-order valence-electron chi connectivity index (χ2n) is 7.91. The molecule has 0 aliphatic carbocycles. The van der Waals surface area contributed by atoms with Crippen LogP contribution in [0.2, 0.25) is 0 Å². The van der Waals surface area contributed by atoms with Crippen molar-refractivity contribution in [2.24, 2.45) is 4.99 Å². The fourth-order valence-corrected chi connectivity index (χ4v) is 4.14. The minimum Gasteiger partial charge on any atom is -0.356 e. The van der Waals surface area contributed by atoms with E-state index in [4.69, 9.17) is 0 Å². The van der Waals surface area contributed by atoms with Crippen molar-refractivity contribution in [1.82, 2.24) is 25.4 Å². The quantitative estimate of drug-likeness (QED) is 0.336. The highest BCUT2D eigenvalue weighted by Gasteiger charge is 2.21. The van der Waals surface area contributed by atoms with Gasteiger partial charge >= 0.3 is 0 Å². The fourth-order valence-electron chi connectivity index (χ4n) is 4.14. The molecule has 2 aliphatic heterocycles. The van der Waals surface area contributed by atoms with Crippen LogP contribution in [-0.4, -0.2) is 46.8 Å². The molecule has 168 valence electrons. The first-order valence-electron chi connectivity index (χ1n) is 11.0. The van der Waals surface area contributed by atoms with Crippen LogP contribution in [0.5, 0.6) is 0 Å². The summed E-state index contributed by atoms with van der Waals surface area (Å²) < 4.78 is 2.29. The maximum atomic E-state index is 11.9. The van der Waals surface area contributed by atoms with Crippen molar-refractivity contribution in [3.05, 3.63) is 41.5 Å². The zero-order chi connectivity index (χ0) is 20.8. The first kappa shape index (κ1) is 23.5. The number of aryl methyl sites for hydroxylation is 1. The Labute approximate surface area is 200 Å². The summed E-state index contributed by atoms with van der Waals surface area (Å²) in [6, 6.07) is 8.17. The van der Waals surface area contributed by atoms with E-state index < -0.39 is 0 Å². The summed E-state index contributed by atoms with van der Waals surface area (Å²) in [5.41, 5.74) is 2.13. The van der Waals surface area contributed by atoms with Crippen molar-refractivity contribution < 1.29 is 4.79 Å². The van der Waals surface area contributed by atoms with Crippen molar-refractivity contribution in [3.8, 4) is 0 Å². The Morgan fingerprint density at radius 2 is 1.87 bits per heavy atom. The van der Waals surface area contributed by atoms with Crippen LogP contribution in [0.15, 0.2) is 29.3 Å². The zero-order valence-corrected chi connectivity index (χ0v) is 20.5. The number of rotatable bonds is 6. The lowest BCUT2D eigenvalue weighted by Crippen LogP contribution is -2.38. The summed E-state index contributed by atoms with van der Waals surface area (Å²) >= 11 is 0. The Bertz CT molecular complexity index is 894. The lowest BCUT2D eigenvalue weighted by Gasteiger charge is -2.16. The van der Waals surface area contributed by atoms with Gasteiger partial charge in [-0.25, -0.2) is 0 Å². The molecule has 0 radical (unpaired) electrons. The molecular weight excluding hydrogens is 505 g/mol. The predicted octanol–water partition coefficient (Wildman–Crippen LogP) is 2.66. The standard InChI is InChI=1S/C22H31N7O.HI/c1-23-22(24-13-12-20-27-26-19-6-3-2-4-14-29(19)20)25-16-17-8-10-18(11-9-17)28-15-5-7-21(28)30;/h8-11H,2-7,12-16H2,1H3,(H2,23,24,25);1H. The average molecular weight is 537 g/mol. The predicted molar refractivity (Wildman–Crippen MR) is 133 cm³/mol. The van der Waals surface area contributed by atoms with Crippen molar-refractivity contribution in [3.63, 3.8) is 0 Å². The maximum Gasteiger partial charge on any atom is 0.227 e. The lowest BCUT2D eigenvalue weighted by atomic mass is 10.2. The number of hydrogen-bond donors (Lipinski definition) is 2. The van der Waals surface area contributed by atoms with Crippen LogP contribution in [0.25, 0.3) is 0 Å². The van der Waals surface area contributed by atoms with Crippen LogP contribution >= 0.6 is 24.0 Å². The van der Waals surface area contributed by atoms with E-state index in [0.717, 1.165) is 67.8 Å². The molecule has 2 aromatic rings. The number of fused-ring (bicyclic) bond motifs is 1. The molecule has 1 amide bonds. The third-order valence-electron chi connectivity index (χ3n) is 5.83. The number of aliphatic imine (C=N–C) groups is 1. The molecule has 2 aliphatic rings. The summed E-state index contributed by atoms with van der Waals surface area (Å²) in [5, 5.41) is 15.5. The van der Waals surface area contributed by atoms with Gasteiger partial charge in [0, 0.05) is 58.2 Å². The van der Waals surface area contributed by atoms with Gasteiger partial charge < -0.3 is 20.1 Å². The molecule has 1 aromatic heterocycles. The molecule has 0 atom stereocenters. The second-order valence-corrected chi connectivity index (χ2v) is 7.91. The van der Waals surface area contributed by atoms with Gasteiger partial charge in [-0.1, -0.05) is 18.6 Å². The van der Waals surface area contributed by atoms with Crippen molar-refractivity contribution in [1.29, 1.82) is 0 Å². The molecule has 3 heterocycles. The number of carbonyl (C=O) groups is 1. The number of guanidine groups is 1. The number of hydrogen-bond acceptors (Lipinski definition) is 4. The normalized spacial score (nSPS) is 16.5. The summed E-state index contributed by atoms with van der Waals surface area (Å²) in [7, 11) is 1.78. The molecule has 0 spiro atoms. The maximum absolute atomic E-state index is 11.9. The smallest absolute Gasteiger partial charge is 0.227 e. The van der Waals surface area contributed by atoms with E-state index in [-0.39, 0.29) is 29.9 Å². The molecule has 2 N–H and O–H groups in total. The SMILES string of the molecule is CN=C(NCCc1nnc2n1CCCCC2)NCc1ccc(N2CCCC2=O)cc1.I. The Morgan fingerprint density at radius 3 is 2.61 bits per heavy atom. The van der Waals surface area contributed by atoms with E-state index in [9.17, 15) is 4.79 Å². The Kier molecular flexibility index (Phi) is 8.68. The molecule has 0 unspecified atom stereocenters. The first-order chi connectivity index (χ1) is 14.7. The molecule has 9 heteroatoms. The van der Waals surface area contributed by atoms with Crippen LogP contribution in [-0.2, 0) is 30.7 Å². The molecule has 0 saturated carbocycles. The first-order valence-corrected chi connectivity index (χ1v) is 11.0. The van der Waals surface area contributed by atoms with Gasteiger partial charge in [-0.2, -0.15) is 0 Å². The Balaban J connectivity index is 0.00000272. The number of halogens is 1. The van der Waals surface area contributed by atoms with Crippen molar-refractivity contribution in [2.75, 3.05) is 25.0 Å². The highest BCUT2D eigenvalue weighted by Crippen LogP contribution is 2.21. The largest absolute Gasteiger partial charge is 0.356 e. The van der Waals surface area contributed by atoms with Crippen LogP contribution in [0.1, 0.15) is 49.3 Å². The number of nitrogens with zero attached hydrogens (tertiary/aromatic N) is 5. The Hall–Kier alpha value is -2.17. The second kappa shape index (κ2) is 11.4. The van der Waals surface area contributed by atoms with Gasteiger partial charge in [0.2, 0.25) is 5.91 Å². The van der Waals surface area contributed by atoms with E-state index in [1.165, 1.54) is 19.3 Å². The van der Waals surface area contributed by atoms with E-state index in [0.29, 0.717) is 13.0 Å². The molecule has 0 bridgehead atoms. The highest BCUT2D eigenvalue weighted by molar-refractivity contribution is 14.0. The summed E-state index contributed by atoms with van der Waals surface area (Å²) in [6.07, 6.45) is 7.15. The van der Waals surface area contributed by atoms with Gasteiger partial charge in [0.1, 0.15) is 11.6 Å². The van der Waals surface area contributed by atoms with Crippen LogP contribution < -0.4 is 15.5 Å². The number of nitrogens with one attached hydrogen (secondary N) is 2. The van der Waals surface area contributed by atoms with Crippen molar-refractivity contribution in [2.45, 2.75) is 58.0 Å². The number of amides is 1. The third kappa shape index (κ3) is 5.96. The van der Waals surface area contributed by atoms with Gasteiger partial charge in [0.15, 0.2) is 5.96 Å². The van der Waals surface area contributed by atoms with E-state index in [2.05, 4.69) is 42.5 Å². The van der Waals surface area contributed by atoms with Crippen LogP contribution in [0, 0.1) is 0 Å².